The van der Waals surface area contributed by atoms with Gasteiger partial charge in [0.1, 0.15) is 0 Å². The van der Waals surface area contributed by atoms with Gasteiger partial charge in [-0.25, -0.2) is 0 Å². The molecule has 0 unspecified atom stereocenters. The van der Waals surface area contributed by atoms with Crippen LogP contribution in [0, 0.1) is 0 Å². The zero-order chi connectivity index (χ0) is 13.2. The number of carbonyl (C=O) groups excluding carboxylic acids is 1. The van der Waals surface area contributed by atoms with Crippen LogP contribution in [0.25, 0.3) is 0 Å². The predicted octanol–water partition coefficient (Wildman–Crippen LogP) is 2.68. The molecule has 0 heterocycles. The van der Waals surface area contributed by atoms with Gasteiger partial charge in [0.15, 0.2) is 0 Å². The highest BCUT2D eigenvalue weighted by Crippen LogP contribution is 2.08. The highest BCUT2D eigenvalue weighted by atomic mass is 16.5. The molecular weight excluding hydrogens is 226 g/mol. The van der Waals surface area contributed by atoms with Gasteiger partial charge in [-0.15, -0.1) is 0 Å². The van der Waals surface area contributed by atoms with Crippen molar-refractivity contribution in [3.05, 3.63) is 35.4 Å². The van der Waals surface area contributed by atoms with Crippen LogP contribution in [0.3, 0.4) is 0 Å². The van der Waals surface area contributed by atoms with Crippen molar-refractivity contribution in [3.8, 4) is 0 Å². The molecule has 1 rings (SSSR count). The standard InChI is InChI=1S/C15H23NO2/c1-3-13-8-5-6-9-14(13)12-16-11-7-10-15(17)18-4-2/h5-6,8-9,16H,3-4,7,10-12H2,1-2H3. The summed E-state index contributed by atoms with van der Waals surface area (Å²) in [6.07, 6.45) is 2.38. The first-order valence-electron chi connectivity index (χ1n) is 6.71. The van der Waals surface area contributed by atoms with Crippen molar-refractivity contribution < 1.29 is 9.53 Å². The maximum Gasteiger partial charge on any atom is 0.305 e. The van der Waals surface area contributed by atoms with Gasteiger partial charge in [0, 0.05) is 13.0 Å². The molecule has 0 amide bonds. The lowest BCUT2D eigenvalue weighted by molar-refractivity contribution is -0.143. The summed E-state index contributed by atoms with van der Waals surface area (Å²) in [5.74, 6) is -0.103. The largest absolute Gasteiger partial charge is 0.466 e. The van der Waals surface area contributed by atoms with Gasteiger partial charge in [0.25, 0.3) is 0 Å². The Kier molecular flexibility index (Phi) is 7.11. The van der Waals surface area contributed by atoms with Gasteiger partial charge in [-0.1, -0.05) is 31.2 Å². The van der Waals surface area contributed by atoms with Crippen LogP contribution in [0.5, 0.6) is 0 Å². The first-order chi connectivity index (χ1) is 8.77. The fraction of sp³-hybridized carbons (Fsp3) is 0.533. The van der Waals surface area contributed by atoms with E-state index in [9.17, 15) is 4.79 Å². The molecule has 0 aliphatic carbocycles. The first kappa shape index (κ1) is 14.7. The number of rotatable bonds is 8. The van der Waals surface area contributed by atoms with E-state index in [1.807, 2.05) is 6.92 Å². The highest BCUT2D eigenvalue weighted by Gasteiger charge is 2.01. The summed E-state index contributed by atoms with van der Waals surface area (Å²) < 4.78 is 4.88. The van der Waals surface area contributed by atoms with E-state index in [1.54, 1.807) is 0 Å². The van der Waals surface area contributed by atoms with Crippen molar-refractivity contribution in [2.24, 2.45) is 0 Å². The van der Waals surface area contributed by atoms with Gasteiger partial charge in [-0.2, -0.15) is 0 Å². The van der Waals surface area contributed by atoms with Gasteiger partial charge >= 0.3 is 5.97 Å². The third kappa shape index (κ3) is 5.32. The number of benzene rings is 1. The van der Waals surface area contributed by atoms with E-state index >= 15 is 0 Å². The molecule has 100 valence electrons. The lowest BCUT2D eigenvalue weighted by Gasteiger charge is -2.09. The maximum absolute atomic E-state index is 11.1. The Balaban J connectivity index is 2.19. The van der Waals surface area contributed by atoms with Crippen LogP contribution in [0.2, 0.25) is 0 Å². The summed E-state index contributed by atoms with van der Waals surface area (Å²) in [4.78, 5) is 11.1. The summed E-state index contributed by atoms with van der Waals surface area (Å²) in [7, 11) is 0. The minimum absolute atomic E-state index is 0.103. The number of ether oxygens (including phenoxy) is 1. The Bertz CT molecular complexity index is 363. The molecule has 18 heavy (non-hydrogen) atoms. The van der Waals surface area contributed by atoms with Crippen LogP contribution < -0.4 is 5.32 Å². The maximum atomic E-state index is 11.1. The Morgan fingerprint density at radius 1 is 1.22 bits per heavy atom. The molecule has 0 aromatic heterocycles. The number of nitrogens with one attached hydrogen (secondary N) is 1. The van der Waals surface area contributed by atoms with Crippen LogP contribution in [-0.4, -0.2) is 19.1 Å². The predicted molar refractivity (Wildman–Crippen MR) is 73.4 cm³/mol. The molecule has 0 spiro atoms. The van der Waals surface area contributed by atoms with Crippen LogP contribution in [0.1, 0.15) is 37.8 Å². The van der Waals surface area contributed by atoms with Crippen molar-refractivity contribution >= 4 is 5.97 Å². The third-order valence-corrected chi connectivity index (χ3v) is 2.85. The summed E-state index contributed by atoms with van der Waals surface area (Å²) in [6.45, 7) is 6.18. The van der Waals surface area contributed by atoms with E-state index in [2.05, 4.69) is 36.5 Å². The van der Waals surface area contributed by atoms with Gasteiger partial charge in [0.2, 0.25) is 0 Å². The average Bonchev–Trinajstić information content (AvgIpc) is 2.39. The van der Waals surface area contributed by atoms with Gasteiger partial charge in [0.05, 0.1) is 6.61 Å². The normalized spacial score (nSPS) is 10.3. The molecule has 3 heteroatoms. The van der Waals surface area contributed by atoms with Crippen molar-refractivity contribution in [2.75, 3.05) is 13.2 Å². The quantitative estimate of drug-likeness (QED) is 0.568. The molecule has 0 fully saturated rings. The van der Waals surface area contributed by atoms with Crippen LogP contribution in [0.15, 0.2) is 24.3 Å². The summed E-state index contributed by atoms with van der Waals surface area (Å²) in [5.41, 5.74) is 2.73. The lowest BCUT2D eigenvalue weighted by atomic mass is 10.1. The fourth-order valence-corrected chi connectivity index (χ4v) is 1.89. The third-order valence-electron chi connectivity index (χ3n) is 2.85. The summed E-state index contributed by atoms with van der Waals surface area (Å²) in [5, 5.41) is 3.37. The Morgan fingerprint density at radius 2 is 1.94 bits per heavy atom. The number of aryl methyl sites for hydroxylation is 1. The minimum atomic E-state index is -0.103. The van der Waals surface area contributed by atoms with E-state index in [-0.39, 0.29) is 5.97 Å². The van der Waals surface area contributed by atoms with Crippen LogP contribution in [-0.2, 0) is 22.5 Å². The van der Waals surface area contributed by atoms with E-state index < -0.39 is 0 Å². The molecule has 0 aliphatic rings. The zero-order valence-corrected chi connectivity index (χ0v) is 11.4. The van der Waals surface area contributed by atoms with Crippen LogP contribution >= 0.6 is 0 Å². The van der Waals surface area contributed by atoms with E-state index in [0.717, 1.165) is 25.9 Å². The van der Waals surface area contributed by atoms with Gasteiger partial charge in [-0.05, 0) is 37.4 Å². The van der Waals surface area contributed by atoms with Gasteiger partial charge < -0.3 is 10.1 Å². The molecule has 1 N–H and O–H groups in total. The first-order valence-corrected chi connectivity index (χ1v) is 6.71. The zero-order valence-electron chi connectivity index (χ0n) is 11.4. The molecule has 1 aromatic rings. The van der Waals surface area contributed by atoms with Crippen molar-refractivity contribution in [1.29, 1.82) is 0 Å². The number of carbonyl (C=O) groups is 1. The van der Waals surface area contributed by atoms with E-state index in [1.165, 1.54) is 11.1 Å². The highest BCUT2D eigenvalue weighted by molar-refractivity contribution is 5.69. The molecule has 3 nitrogen and oxygen atoms in total. The second-order valence-corrected chi connectivity index (χ2v) is 4.21. The summed E-state index contributed by atoms with van der Waals surface area (Å²) in [6, 6.07) is 8.45. The number of hydrogen-bond acceptors (Lipinski definition) is 3. The number of hydrogen-bond donors (Lipinski definition) is 1. The number of esters is 1. The SMILES string of the molecule is CCOC(=O)CCCNCc1ccccc1CC. The Labute approximate surface area is 110 Å². The van der Waals surface area contributed by atoms with E-state index in [4.69, 9.17) is 4.74 Å². The molecule has 0 atom stereocenters. The summed E-state index contributed by atoms with van der Waals surface area (Å²) >= 11 is 0. The second kappa shape index (κ2) is 8.70. The average molecular weight is 249 g/mol. The van der Waals surface area contributed by atoms with Crippen LogP contribution in [0.4, 0.5) is 0 Å². The topological polar surface area (TPSA) is 38.3 Å². The van der Waals surface area contributed by atoms with Gasteiger partial charge in [-0.3, -0.25) is 4.79 Å². The Morgan fingerprint density at radius 3 is 2.61 bits per heavy atom. The molecular formula is C15H23NO2. The smallest absolute Gasteiger partial charge is 0.305 e. The Hall–Kier alpha value is -1.35. The molecule has 0 saturated heterocycles. The monoisotopic (exact) mass is 249 g/mol. The van der Waals surface area contributed by atoms with E-state index in [0.29, 0.717) is 13.0 Å². The second-order valence-electron chi connectivity index (χ2n) is 4.21. The molecule has 0 saturated carbocycles. The lowest BCUT2D eigenvalue weighted by Crippen LogP contribution is -2.17. The van der Waals surface area contributed by atoms with Crippen molar-refractivity contribution in [1.82, 2.24) is 5.32 Å². The minimum Gasteiger partial charge on any atom is -0.466 e. The van der Waals surface area contributed by atoms with Crippen molar-refractivity contribution in [2.45, 2.75) is 39.7 Å². The van der Waals surface area contributed by atoms with Crippen molar-refractivity contribution in [3.63, 3.8) is 0 Å². The fourth-order valence-electron chi connectivity index (χ4n) is 1.89. The molecule has 0 radical (unpaired) electrons. The molecule has 1 aromatic carbocycles. The molecule has 0 aliphatic heterocycles. The molecule has 0 bridgehead atoms.